The molecule has 0 aliphatic carbocycles. The quantitative estimate of drug-likeness (QED) is 0.429. The van der Waals surface area contributed by atoms with Crippen molar-refractivity contribution >= 4 is 29.9 Å². The van der Waals surface area contributed by atoms with E-state index in [9.17, 15) is 18.3 Å². The van der Waals surface area contributed by atoms with E-state index in [-0.39, 0.29) is 30.1 Å². The van der Waals surface area contributed by atoms with Crippen LogP contribution in [-0.2, 0) is 12.7 Å². The van der Waals surface area contributed by atoms with Crippen molar-refractivity contribution in [3.05, 3.63) is 35.4 Å². The molecule has 1 aromatic carbocycles. The number of halogens is 4. The molecule has 1 aliphatic rings. The zero-order chi connectivity index (χ0) is 16.2. The molecule has 1 atom stereocenters. The number of rotatable bonds is 3. The van der Waals surface area contributed by atoms with Crippen molar-refractivity contribution in [2.24, 2.45) is 4.99 Å². The van der Waals surface area contributed by atoms with Crippen molar-refractivity contribution < 1.29 is 18.3 Å². The Balaban J connectivity index is 0.00000264. The molecule has 2 rings (SSSR count). The second kappa shape index (κ2) is 8.72. The molecule has 0 radical (unpaired) electrons. The van der Waals surface area contributed by atoms with Crippen molar-refractivity contribution in [2.75, 3.05) is 19.6 Å². The van der Waals surface area contributed by atoms with Crippen molar-refractivity contribution in [1.82, 2.24) is 10.2 Å². The number of hydrogen-bond donors (Lipinski definition) is 2. The second-order valence-corrected chi connectivity index (χ2v) is 5.25. The summed E-state index contributed by atoms with van der Waals surface area (Å²) in [5.74, 6) is 0.680. The van der Waals surface area contributed by atoms with E-state index in [0.29, 0.717) is 37.6 Å². The van der Waals surface area contributed by atoms with E-state index >= 15 is 0 Å². The molecule has 1 heterocycles. The van der Waals surface area contributed by atoms with Gasteiger partial charge in [0.05, 0.1) is 18.2 Å². The molecule has 1 fully saturated rings. The highest BCUT2D eigenvalue weighted by Gasteiger charge is 2.29. The lowest BCUT2D eigenvalue weighted by atomic mass is 10.1. The Morgan fingerprint density at radius 2 is 2.00 bits per heavy atom. The number of nitrogens with one attached hydrogen (secondary N) is 1. The Hall–Kier alpha value is -1.03. The normalized spacial score (nSPS) is 18.7. The van der Waals surface area contributed by atoms with Gasteiger partial charge in [0.2, 0.25) is 0 Å². The van der Waals surface area contributed by atoms with E-state index in [1.807, 2.05) is 11.8 Å². The molecule has 0 unspecified atom stereocenters. The molecule has 4 nitrogen and oxygen atoms in total. The van der Waals surface area contributed by atoms with Crippen LogP contribution < -0.4 is 5.32 Å². The molecule has 130 valence electrons. The lowest BCUT2D eigenvalue weighted by Gasteiger charge is -2.21. The molecule has 0 saturated carbocycles. The smallest absolute Gasteiger partial charge is 0.391 e. The topological polar surface area (TPSA) is 47.9 Å². The molecule has 0 bridgehead atoms. The summed E-state index contributed by atoms with van der Waals surface area (Å²) < 4.78 is 37.5. The first kappa shape index (κ1) is 20.0. The van der Waals surface area contributed by atoms with Gasteiger partial charge in [-0.2, -0.15) is 13.2 Å². The maximum Gasteiger partial charge on any atom is 0.416 e. The zero-order valence-electron chi connectivity index (χ0n) is 12.8. The predicted molar refractivity (Wildman–Crippen MR) is 93.9 cm³/mol. The van der Waals surface area contributed by atoms with Gasteiger partial charge in [-0.05, 0) is 31.0 Å². The molecule has 0 amide bonds. The van der Waals surface area contributed by atoms with Crippen LogP contribution in [0.5, 0.6) is 0 Å². The van der Waals surface area contributed by atoms with Crippen molar-refractivity contribution in [2.45, 2.75) is 32.2 Å². The Morgan fingerprint density at radius 3 is 2.48 bits per heavy atom. The predicted octanol–water partition coefficient (Wildman–Crippen LogP) is 2.86. The van der Waals surface area contributed by atoms with Gasteiger partial charge >= 0.3 is 6.18 Å². The van der Waals surface area contributed by atoms with Crippen LogP contribution in [0, 0.1) is 0 Å². The van der Waals surface area contributed by atoms with Gasteiger partial charge in [0.25, 0.3) is 0 Å². The van der Waals surface area contributed by atoms with Gasteiger partial charge in [0.15, 0.2) is 5.96 Å². The molecule has 1 saturated heterocycles. The number of likely N-dealkylation sites (tertiary alicyclic amines) is 1. The maximum absolute atomic E-state index is 12.5. The molecule has 2 N–H and O–H groups in total. The summed E-state index contributed by atoms with van der Waals surface area (Å²) in [4.78, 5) is 6.39. The lowest BCUT2D eigenvalue weighted by Crippen LogP contribution is -2.40. The van der Waals surface area contributed by atoms with E-state index in [1.165, 1.54) is 12.1 Å². The highest BCUT2D eigenvalue weighted by Crippen LogP contribution is 2.29. The van der Waals surface area contributed by atoms with Crippen LogP contribution in [0.15, 0.2) is 29.3 Å². The zero-order valence-corrected chi connectivity index (χ0v) is 15.1. The number of benzene rings is 1. The largest absolute Gasteiger partial charge is 0.416 e. The minimum atomic E-state index is -4.32. The molecular formula is C15H21F3IN3O. The average molecular weight is 443 g/mol. The summed E-state index contributed by atoms with van der Waals surface area (Å²) in [5, 5.41) is 12.7. The Kier molecular flexibility index (Phi) is 7.59. The van der Waals surface area contributed by atoms with Gasteiger partial charge < -0.3 is 15.3 Å². The van der Waals surface area contributed by atoms with E-state index in [1.54, 1.807) is 0 Å². The number of hydrogen-bond acceptors (Lipinski definition) is 2. The highest BCUT2D eigenvalue weighted by molar-refractivity contribution is 14.0. The fourth-order valence-corrected chi connectivity index (χ4v) is 2.33. The summed E-state index contributed by atoms with van der Waals surface area (Å²) in [6, 6.07) is 5.01. The summed E-state index contributed by atoms with van der Waals surface area (Å²) >= 11 is 0. The van der Waals surface area contributed by atoms with E-state index in [2.05, 4.69) is 10.3 Å². The molecule has 1 aliphatic heterocycles. The lowest BCUT2D eigenvalue weighted by molar-refractivity contribution is -0.137. The Labute approximate surface area is 150 Å². The minimum Gasteiger partial charge on any atom is -0.391 e. The average Bonchev–Trinajstić information content (AvgIpc) is 2.89. The van der Waals surface area contributed by atoms with Gasteiger partial charge in [0, 0.05) is 19.6 Å². The molecular weight excluding hydrogens is 422 g/mol. The van der Waals surface area contributed by atoms with Crippen molar-refractivity contribution in [3.8, 4) is 0 Å². The summed E-state index contributed by atoms with van der Waals surface area (Å²) in [6.45, 7) is 4.19. The monoisotopic (exact) mass is 443 g/mol. The maximum atomic E-state index is 12.5. The van der Waals surface area contributed by atoms with Crippen LogP contribution in [0.2, 0.25) is 0 Å². The van der Waals surface area contributed by atoms with E-state index < -0.39 is 11.7 Å². The Bertz CT molecular complexity index is 520. The first-order chi connectivity index (χ1) is 10.4. The molecule has 0 spiro atoms. The SMILES string of the molecule is CCNC(=NCc1ccc(C(F)(F)F)cc1)N1CC[C@@H](O)C1.I. The van der Waals surface area contributed by atoms with Gasteiger partial charge in [-0.15, -0.1) is 24.0 Å². The van der Waals surface area contributed by atoms with Gasteiger partial charge in [0.1, 0.15) is 0 Å². The van der Waals surface area contributed by atoms with Crippen LogP contribution >= 0.6 is 24.0 Å². The number of guanidine groups is 1. The first-order valence-electron chi connectivity index (χ1n) is 7.27. The van der Waals surface area contributed by atoms with Crippen LogP contribution in [-0.4, -0.2) is 41.7 Å². The van der Waals surface area contributed by atoms with Gasteiger partial charge in [-0.1, -0.05) is 12.1 Å². The van der Waals surface area contributed by atoms with Crippen LogP contribution in [0.25, 0.3) is 0 Å². The minimum absolute atomic E-state index is 0. The third-order valence-electron chi connectivity index (χ3n) is 3.49. The van der Waals surface area contributed by atoms with E-state index in [0.717, 1.165) is 18.7 Å². The summed E-state index contributed by atoms with van der Waals surface area (Å²) in [5.41, 5.74) is 0.0537. The number of β-amino-alcohol motifs (C(OH)–C–C–N with tert-alkyl or cyclic N) is 1. The summed E-state index contributed by atoms with van der Waals surface area (Å²) in [7, 11) is 0. The molecule has 23 heavy (non-hydrogen) atoms. The third kappa shape index (κ3) is 5.83. The number of nitrogens with zero attached hydrogens (tertiary/aromatic N) is 2. The van der Waals surface area contributed by atoms with Crippen molar-refractivity contribution in [1.29, 1.82) is 0 Å². The molecule has 0 aromatic heterocycles. The number of aliphatic imine (C=N–C) groups is 1. The fraction of sp³-hybridized carbons (Fsp3) is 0.533. The van der Waals surface area contributed by atoms with Crippen LogP contribution in [0.3, 0.4) is 0 Å². The second-order valence-electron chi connectivity index (χ2n) is 5.25. The third-order valence-corrected chi connectivity index (χ3v) is 3.49. The standard InChI is InChI=1S/C15H20F3N3O.HI/c1-2-19-14(21-8-7-13(22)10-21)20-9-11-3-5-12(6-4-11)15(16,17)18;/h3-6,13,22H,2,7-10H2,1H3,(H,19,20);1H/t13-;/m1./s1. The first-order valence-corrected chi connectivity index (χ1v) is 7.27. The fourth-order valence-electron chi connectivity index (χ4n) is 2.33. The summed E-state index contributed by atoms with van der Waals surface area (Å²) in [6.07, 6.45) is -3.97. The van der Waals surface area contributed by atoms with Gasteiger partial charge in [-0.3, -0.25) is 0 Å². The van der Waals surface area contributed by atoms with Crippen molar-refractivity contribution in [3.63, 3.8) is 0 Å². The molecule has 8 heteroatoms. The van der Waals surface area contributed by atoms with Crippen LogP contribution in [0.1, 0.15) is 24.5 Å². The van der Waals surface area contributed by atoms with Gasteiger partial charge in [-0.25, -0.2) is 4.99 Å². The number of aliphatic hydroxyl groups excluding tert-OH is 1. The molecule has 1 aromatic rings. The number of aliphatic hydroxyl groups is 1. The highest BCUT2D eigenvalue weighted by atomic mass is 127. The van der Waals surface area contributed by atoms with E-state index in [4.69, 9.17) is 0 Å². The number of alkyl halides is 3. The van der Waals surface area contributed by atoms with Crippen LogP contribution in [0.4, 0.5) is 13.2 Å². The Morgan fingerprint density at radius 1 is 1.35 bits per heavy atom.